The lowest BCUT2D eigenvalue weighted by molar-refractivity contribution is 0.0664. The molecule has 0 bridgehead atoms. The molecule has 0 saturated carbocycles. The van der Waals surface area contributed by atoms with E-state index in [1.807, 2.05) is 18.2 Å². The Balaban J connectivity index is 1.96. The maximum atomic E-state index is 12.7. The minimum atomic E-state index is -0.168. The number of carbonyl (C=O) groups excluding carboxylic acids is 1. The van der Waals surface area contributed by atoms with Gasteiger partial charge in [-0.25, -0.2) is 0 Å². The van der Waals surface area contributed by atoms with E-state index < -0.39 is 0 Å². The molecule has 4 nitrogen and oxygen atoms in total. The molecular weight excluding hydrogens is 264 g/mol. The molecule has 2 aromatic rings. The zero-order valence-corrected chi connectivity index (χ0v) is 11.7. The average molecular weight is 282 g/mol. The molecule has 0 aromatic heterocycles. The van der Waals surface area contributed by atoms with Crippen molar-refractivity contribution in [3.63, 3.8) is 0 Å². The summed E-state index contributed by atoms with van der Waals surface area (Å²) in [6.45, 7) is 0.988. The first-order valence-corrected chi connectivity index (χ1v) is 7.09. The van der Waals surface area contributed by atoms with Gasteiger partial charge >= 0.3 is 0 Å². The van der Waals surface area contributed by atoms with Crippen LogP contribution in [0.3, 0.4) is 0 Å². The first-order chi connectivity index (χ1) is 10.2. The molecule has 0 radical (unpaired) electrons. The molecule has 0 fully saturated rings. The highest BCUT2D eigenvalue weighted by Crippen LogP contribution is 2.31. The maximum Gasteiger partial charge on any atom is 0.258 e. The third-order valence-corrected chi connectivity index (χ3v) is 4.03. The van der Waals surface area contributed by atoms with Crippen LogP contribution in [0, 0.1) is 0 Å². The van der Waals surface area contributed by atoms with E-state index in [4.69, 9.17) is 5.73 Å². The van der Waals surface area contributed by atoms with Crippen LogP contribution in [0.25, 0.3) is 0 Å². The first kappa shape index (κ1) is 13.6. The number of phenols is 1. The average Bonchev–Trinajstić information content (AvgIpc) is 2.53. The first-order valence-electron chi connectivity index (χ1n) is 7.09. The van der Waals surface area contributed by atoms with Gasteiger partial charge in [0.25, 0.3) is 5.91 Å². The predicted octanol–water partition coefficient (Wildman–Crippen LogP) is 2.09. The third kappa shape index (κ3) is 2.38. The Kier molecular flexibility index (Phi) is 3.62. The van der Waals surface area contributed by atoms with Crippen molar-refractivity contribution in [2.45, 2.75) is 12.5 Å². The van der Waals surface area contributed by atoms with E-state index in [0.717, 1.165) is 12.0 Å². The van der Waals surface area contributed by atoms with Gasteiger partial charge in [0.05, 0.1) is 11.6 Å². The van der Waals surface area contributed by atoms with E-state index in [9.17, 15) is 9.90 Å². The molecule has 0 spiro atoms. The Hall–Kier alpha value is -2.33. The second kappa shape index (κ2) is 5.58. The molecule has 1 aliphatic rings. The maximum absolute atomic E-state index is 12.7. The van der Waals surface area contributed by atoms with E-state index in [0.29, 0.717) is 18.7 Å². The summed E-state index contributed by atoms with van der Waals surface area (Å²) in [6, 6.07) is 14.6. The molecule has 4 heteroatoms. The van der Waals surface area contributed by atoms with E-state index in [1.165, 1.54) is 11.6 Å². The number of nitrogens with two attached hydrogens (primary N) is 1. The number of nitrogens with zero attached hydrogens (tertiary/aromatic N) is 1. The quantitative estimate of drug-likeness (QED) is 0.886. The molecule has 1 atom stereocenters. The van der Waals surface area contributed by atoms with Gasteiger partial charge in [0.2, 0.25) is 0 Å². The summed E-state index contributed by atoms with van der Waals surface area (Å²) < 4.78 is 0. The molecule has 0 saturated heterocycles. The van der Waals surface area contributed by atoms with E-state index in [-0.39, 0.29) is 17.7 Å². The van der Waals surface area contributed by atoms with Crippen LogP contribution in [-0.4, -0.2) is 29.0 Å². The van der Waals surface area contributed by atoms with Crippen LogP contribution >= 0.6 is 0 Å². The molecule has 1 amide bonds. The number of fused-ring (bicyclic) bond motifs is 1. The van der Waals surface area contributed by atoms with Crippen LogP contribution in [-0.2, 0) is 6.42 Å². The van der Waals surface area contributed by atoms with Gasteiger partial charge in [0.1, 0.15) is 5.75 Å². The molecule has 21 heavy (non-hydrogen) atoms. The summed E-state index contributed by atoms with van der Waals surface area (Å²) in [4.78, 5) is 14.5. The van der Waals surface area contributed by atoms with Gasteiger partial charge in [-0.15, -0.1) is 0 Å². The molecule has 1 unspecified atom stereocenters. The van der Waals surface area contributed by atoms with Crippen LogP contribution < -0.4 is 5.73 Å². The number of hydrogen-bond donors (Lipinski definition) is 2. The van der Waals surface area contributed by atoms with Gasteiger partial charge in [0, 0.05) is 13.1 Å². The van der Waals surface area contributed by atoms with Crippen molar-refractivity contribution in [2.75, 3.05) is 13.1 Å². The van der Waals surface area contributed by atoms with Crippen molar-refractivity contribution in [1.82, 2.24) is 4.90 Å². The number of hydrogen-bond acceptors (Lipinski definition) is 3. The predicted molar refractivity (Wildman–Crippen MR) is 81.1 cm³/mol. The van der Waals surface area contributed by atoms with Crippen molar-refractivity contribution in [3.8, 4) is 5.75 Å². The second-order valence-corrected chi connectivity index (χ2v) is 5.22. The summed E-state index contributed by atoms with van der Waals surface area (Å²) in [5.41, 5.74) is 8.59. The number of amides is 1. The lowest BCUT2D eigenvalue weighted by Crippen LogP contribution is -2.43. The summed E-state index contributed by atoms with van der Waals surface area (Å²) in [7, 11) is 0. The molecule has 3 N–H and O–H groups in total. The van der Waals surface area contributed by atoms with Gasteiger partial charge < -0.3 is 15.7 Å². The highest BCUT2D eigenvalue weighted by atomic mass is 16.3. The van der Waals surface area contributed by atoms with E-state index >= 15 is 0 Å². The largest absolute Gasteiger partial charge is 0.507 e. The summed E-state index contributed by atoms with van der Waals surface area (Å²) in [5.74, 6) is -0.157. The van der Waals surface area contributed by atoms with Crippen molar-refractivity contribution in [1.29, 1.82) is 0 Å². The smallest absolute Gasteiger partial charge is 0.258 e. The van der Waals surface area contributed by atoms with E-state index in [2.05, 4.69) is 6.07 Å². The number of aromatic hydroxyl groups is 1. The lowest BCUT2D eigenvalue weighted by atomic mass is 9.92. The molecule has 1 heterocycles. The minimum Gasteiger partial charge on any atom is -0.507 e. The number of benzene rings is 2. The minimum absolute atomic E-state index is 0.0112. The summed E-state index contributed by atoms with van der Waals surface area (Å²) in [6.07, 6.45) is 0.812. The Morgan fingerprint density at radius 2 is 1.90 bits per heavy atom. The molecule has 1 aliphatic heterocycles. The number of para-hydroxylation sites is 1. The molecule has 2 aromatic carbocycles. The Morgan fingerprint density at radius 1 is 1.19 bits per heavy atom. The third-order valence-electron chi connectivity index (χ3n) is 4.03. The zero-order valence-electron chi connectivity index (χ0n) is 11.7. The number of carbonyl (C=O) groups is 1. The number of rotatable bonds is 2. The normalized spacial score (nSPS) is 17.4. The van der Waals surface area contributed by atoms with Crippen molar-refractivity contribution in [3.05, 3.63) is 65.2 Å². The van der Waals surface area contributed by atoms with Crippen molar-refractivity contribution < 1.29 is 9.90 Å². The lowest BCUT2D eigenvalue weighted by Gasteiger charge is -2.37. The van der Waals surface area contributed by atoms with Gasteiger partial charge in [0.15, 0.2) is 0 Å². The molecule has 0 aliphatic carbocycles. The zero-order chi connectivity index (χ0) is 14.8. The fourth-order valence-corrected chi connectivity index (χ4v) is 2.96. The second-order valence-electron chi connectivity index (χ2n) is 5.22. The molecule has 108 valence electrons. The Morgan fingerprint density at radius 3 is 2.67 bits per heavy atom. The highest BCUT2D eigenvalue weighted by molar-refractivity contribution is 5.97. The fraction of sp³-hybridized carbons (Fsp3) is 0.235. The Labute approximate surface area is 123 Å². The summed E-state index contributed by atoms with van der Waals surface area (Å²) >= 11 is 0. The summed E-state index contributed by atoms with van der Waals surface area (Å²) in [5, 5.41) is 9.89. The standard InChI is InChI=1S/C17H18N2O2/c18-11-15-13-6-2-1-5-12(13)9-10-19(15)17(21)14-7-3-4-8-16(14)20/h1-8,15,20H,9-11,18H2. The topological polar surface area (TPSA) is 66.6 Å². The van der Waals surface area contributed by atoms with Crippen LogP contribution in [0.15, 0.2) is 48.5 Å². The van der Waals surface area contributed by atoms with Gasteiger partial charge in [-0.3, -0.25) is 4.79 Å². The fourth-order valence-electron chi connectivity index (χ4n) is 2.96. The van der Waals surface area contributed by atoms with Gasteiger partial charge in [-0.1, -0.05) is 36.4 Å². The van der Waals surface area contributed by atoms with Crippen LogP contribution in [0.5, 0.6) is 5.75 Å². The van der Waals surface area contributed by atoms with Crippen molar-refractivity contribution >= 4 is 5.91 Å². The number of phenolic OH excluding ortho intramolecular Hbond substituents is 1. The van der Waals surface area contributed by atoms with Gasteiger partial charge in [-0.2, -0.15) is 0 Å². The highest BCUT2D eigenvalue weighted by Gasteiger charge is 2.31. The van der Waals surface area contributed by atoms with Crippen LogP contribution in [0.2, 0.25) is 0 Å². The van der Waals surface area contributed by atoms with Crippen molar-refractivity contribution in [2.24, 2.45) is 5.73 Å². The van der Waals surface area contributed by atoms with Crippen LogP contribution in [0.4, 0.5) is 0 Å². The Bertz CT molecular complexity index is 669. The monoisotopic (exact) mass is 282 g/mol. The van der Waals surface area contributed by atoms with Crippen LogP contribution in [0.1, 0.15) is 27.5 Å². The SMILES string of the molecule is NCC1c2ccccc2CCN1C(=O)c1ccccc1O. The molecular formula is C17H18N2O2. The van der Waals surface area contributed by atoms with Gasteiger partial charge in [-0.05, 0) is 29.7 Å². The molecule has 3 rings (SSSR count). The van der Waals surface area contributed by atoms with E-state index in [1.54, 1.807) is 23.1 Å².